The molecule has 0 spiro atoms. The van der Waals surface area contributed by atoms with E-state index in [0.717, 1.165) is 23.6 Å². The molecule has 0 radical (unpaired) electrons. The molecule has 3 nitrogen and oxygen atoms in total. The Morgan fingerprint density at radius 3 is 2.86 bits per heavy atom. The lowest BCUT2D eigenvalue weighted by Gasteiger charge is -2.09. The molecular weight excluding hydrogens is 176 g/mol. The normalized spacial score (nSPS) is 10.5. The molecule has 0 aliphatic heterocycles. The predicted molar refractivity (Wildman–Crippen MR) is 56.5 cm³/mol. The average Bonchev–Trinajstić information content (AvgIpc) is 2.46. The second-order valence-electron chi connectivity index (χ2n) is 3.37. The van der Waals surface area contributed by atoms with Crippen molar-refractivity contribution in [3.05, 3.63) is 23.2 Å². The molecule has 1 rings (SSSR count). The molecule has 0 unspecified atom stereocenters. The first-order valence-corrected chi connectivity index (χ1v) is 4.57. The van der Waals surface area contributed by atoms with Gasteiger partial charge in [0.1, 0.15) is 11.5 Å². The molecule has 0 fully saturated rings. The van der Waals surface area contributed by atoms with Crippen LogP contribution in [-0.4, -0.2) is 18.5 Å². The zero-order valence-electron chi connectivity index (χ0n) is 8.71. The number of terminal acetylenes is 1. The van der Waals surface area contributed by atoms with Gasteiger partial charge in [-0.1, -0.05) is 5.92 Å². The van der Waals surface area contributed by atoms with Gasteiger partial charge in [0, 0.05) is 12.1 Å². The smallest absolute Gasteiger partial charge is 0.118 e. The number of furan rings is 1. The molecule has 1 aromatic rings. The Balaban J connectivity index is 2.64. The van der Waals surface area contributed by atoms with E-state index in [2.05, 4.69) is 5.92 Å². The van der Waals surface area contributed by atoms with Crippen molar-refractivity contribution in [2.24, 2.45) is 5.73 Å². The van der Waals surface area contributed by atoms with E-state index in [9.17, 15) is 0 Å². The van der Waals surface area contributed by atoms with Crippen molar-refractivity contribution in [3.63, 3.8) is 0 Å². The van der Waals surface area contributed by atoms with Gasteiger partial charge >= 0.3 is 0 Å². The molecule has 1 aromatic heterocycles. The lowest BCUT2D eigenvalue weighted by molar-refractivity contribution is 0.322. The predicted octanol–water partition coefficient (Wildman–Crippen LogP) is 1.11. The Morgan fingerprint density at radius 1 is 1.64 bits per heavy atom. The third-order valence-corrected chi connectivity index (χ3v) is 2.08. The molecule has 2 N–H and O–H groups in total. The van der Waals surface area contributed by atoms with Crippen LogP contribution in [0.4, 0.5) is 0 Å². The minimum absolute atomic E-state index is 0.522. The van der Waals surface area contributed by atoms with Gasteiger partial charge in [-0.15, -0.1) is 6.42 Å². The highest BCUT2D eigenvalue weighted by Crippen LogP contribution is 2.14. The SMILES string of the molecule is C#CCN(C)Cc1cc(CN)c(C)o1. The van der Waals surface area contributed by atoms with Gasteiger partial charge in [-0.2, -0.15) is 0 Å². The maximum atomic E-state index is 5.55. The molecule has 0 saturated carbocycles. The van der Waals surface area contributed by atoms with Gasteiger partial charge < -0.3 is 10.2 Å². The lowest BCUT2D eigenvalue weighted by Crippen LogP contribution is -2.17. The molecule has 0 aliphatic rings. The Morgan fingerprint density at radius 2 is 2.36 bits per heavy atom. The fourth-order valence-corrected chi connectivity index (χ4v) is 1.35. The van der Waals surface area contributed by atoms with Gasteiger partial charge in [-0.05, 0) is 20.0 Å². The summed E-state index contributed by atoms with van der Waals surface area (Å²) in [4.78, 5) is 2.01. The summed E-state index contributed by atoms with van der Waals surface area (Å²) in [6, 6.07) is 1.99. The largest absolute Gasteiger partial charge is 0.465 e. The Labute approximate surface area is 84.9 Å². The van der Waals surface area contributed by atoms with E-state index in [0.29, 0.717) is 13.1 Å². The van der Waals surface area contributed by atoms with E-state index < -0.39 is 0 Å². The molecule has 3 heteroatoms. The zero-order valence-corrected chi connectivity index (χ0v) is 8.71. The highest BCUT2D eigenvalue weighted by atomic mass is 16.3. The summed E-state index contributed by atoms with van der Waals surface area (Å²) in [7, 11) is 1.96. The highest BCUT2D eigenvalue weighted by Gasteiger charge is 2.07. The first kappa shape index (κ1) is 10.8. The number of aryl methyl sites for hydroxylation is 1. The molecule has 0 atom stereocenters. The van der Waals surface area contributed by atoms with Crippen LogP contribution in [0.2, 0.25) is 0 Å². The van der Waals surface area contributed by atoms with E-state index in [1.165, 1.54) is 0 Å². The van der Waals surface area contributed by atoms with Crippen molar-refractivity contribution in [3.8, 4) is 12.3 Å². The molecule has 0 aromatic carbocycles. The van der Waals surface area contributed by atoms with Gasteiger partial charge in [-0.3, -0.25) is 4.90 Å². The quantitative estimate of drug-likeness (QED) is 0.727. The average molecular weight is 192 g/mol. The van der Waals surface area contributed by atoms with Crippen molar-refractivity contribution in [2.45, 2.75) is 20.0 Å². The standard InChI is InChI=1S/C11H16N2O/c1-4-5-13(3)8-11-6-10(7-12)9(2)14-11/h1,6H,5,7-8,12H2,2-3H3. The van der Waals surface area contributed by atoms with Crippen LogP contribution < -0.4 is 5.73 Å². The summed E-state index contributed by atoms with van der Waals surface area (Å²) < 4.78 is 5.53. The van der Waals surface area contributed by atoms with E-state index in [-0.39, 0.29) is 0 Å². The topological polar surface area (TPSA) is 42.4 Å². The van der Waals surface area contributed by atoms with Crippen LogP contribution in [0.25, 0.3) is 0 Å². The monoisotopic (exact) mass is 192 g/mol. The van der Waals surface area contributed by atoms with Crippen LogP contribution in [-0.2, 0) is 13.1 Å². The molecule has 0 bridgehead atoms. The summed E-state index contributed by atoms with van der Waals surface area (Å²) in [5.74, 6) is 4.40. The number of hydrogen-bond donors (Lipinski definition) is 1. The molecule has 0 amide bonds. The molecule has 0 saturated heterocycles. The van der Waals surface area contributed by atoms with Crippen LogP contribution in [0.3, 0.4) is 0 Å². The molecule has 1 heterocycles. The summed E-state index contributed by atoms with van der Waals surface area (Å²) >= 11 is 0. The number of nitrogens with zero attached hydrogens (tertiary/aromatic N) is 1. The zero-order chi connectivity index (χ0) is 10.6. The van der Waals surface area contributed by atoms with Crippen molar-refractivity contribution in [1.82, 2.24) is 4.90 Å². The molecule has 76 valence electrons. The molecular formula is C11H16N2O. The fraction of sp³-hybridized carbons (Fsp3) is 0.455. The second kappa shape index (κ2) is 4.85. The van der Waals surface area contributed by atoms with Crippen molar-refractivity contribution in [2.75, 3.05) is 13.6 Å². The van der Waals surface area contributed by atoms with Crippen LogP contribution in [0.5, 0.6) is 0 Å². The minimum atomic E-state index is 0.522. The Kier molecular flexibility index (Phi) is 3.75. The van der Waals surface area contributed by atoms with Gasteiger partial charge in [0.2, 0.25) is 0 Å². The summed E-state index contributed by atoms with van der Waals surface area (Å²) in [5.41, 5.74) is 6.61. The minimum Gasteiger partial charge on any atom is -0.465 e. The van der Waals surface area contributed by atoms with Gasteiger partial charge in [0.15, 0.2) is 0 Å². The van der Waals surface area contributed by atoms with Crippen LogP contribution in [0.15, 0.2) is 10.5 Å². The second-order valence-corrected chi connectivity index (χ2v) is 3.37. The van der Waals surface area contributed by atoms with E-state index in [4.69, 9.17) is 16.6 Å². The van der Waals surface area contributed by atoms with E-state index >= 15 is 0 Å². The van der Waals surface area contributed by atoms with Crippen molar-refractivity contribution >= 4 is 0 Å². The summed E-state index contributed by atoms with van der Waals surface area (Å²) in [5, 5.41) is 0. The summed E-state index contributed by atoms with van der Waals surface area (Å²) in [6.45, 7) is 3.80. The third-order valence-electron chi connectivity index (χ3n) is 2.08. The van der Waals surface area contributed by atoms with Crippen LogP contribution >= 0.6 is 0 Å². The van der Waals surface area contributed by atoms with E-state index in [1.807, 2.05) is 24.9 Å². The van der Waals surface area contributed by atoms with Gasteiger partial charge in [-0.25, -0.2) is 0 Å². The lowest BCUT2D eigenvalue weighted by atomic mass is 10.2. The van der Waals surface area contributed by atoms with Crippen LogP contribution in [0, 0.1) is 19.3 Å². The molecule has 0 aliphatic carbocycles. The first-order chi connectivity index (χ1) is 6.67. The Hall–Kier alpha value is -1.24. The number of rotatable bonds is 4. The van der Waals surface area contributed by atoms with E-state index in [1.54, 1.807) is 0 Å². The maximum absolute atomic E-state index is 5.55. The summed E-state index contributed by atoms with van der Waals surface area (Å²) in [6.07, 6.45) is 5.20. The van der Waals surface area contributed by atoms with Gasteiger partial charge in [0.25, 0.3) is 0 Å². The van der Waals surface area contributed by atoms with Crippen molar-refractivity contribution in [1.29, 1.82) is 0 Å². The van der Waals surface area contributed by atoms with Gasteiger partial charge in [0.05, 0.1) is 13.1 Å². The van der Waals surface area contributed by atoms with Crippen molar-refractivity contribution < 1.29 is 4.42 Å². The highest BCUT2D eigenvalue weighted by molar-refractivity contribution is 5.20. The number of hydrogen-bond acceptors (Lipinski definition) is 3. The number of nitrogens with two attached hydrogens (primary N) is 1. The maximum Gasteiger partial charge on any atom is 0.118 e. The van der Waals surface area contributed by atoms with Crippen LogP contribution in [0.1, 0.15) is 17.1 Å². The fourth-order valence-electron chi connectivity index (χ4n) is 1.35. The Bertz CT molecular complexity index is 336. The first-order valence-electron chi connectivity index (χ1n) is 4.57. The molecule has 14 heavy (non-hydrogen) atoms. The third kappa shape index (κ3) is 2.63.